The Labute approximate surface area is 156 Å². The lowest BCUT2D eigenvalue weighted by Gasteiger charge is -2.27. The molecule has 1 aliphatic rings. The second-order valence-corrected chi connectivity index (χ2v) is 6.95. The van der Waals surface area contributed by atoms with Crippen LogP contribution in [0.25, 0.3) is 0 Å². The zero-order valence-corrected chi connectivity index (χ0v) is 15.2. The van der Waals surface area contributed by atoms with Crippen LogP contribution < -0.4 is 5.32 Å². The zero-order valence-electron chi connectivity index (χ0n) is 15.2. The van der Waals surface area contributed by atoms with Gasteiger partial charge in [0.25, 0.3) is 11.8 Å². The Balaban J connectivity index is 1.58. The first-order valence-corrected chi connectivity index (χ1v) is 8.90. The van der Waals surface area contributed by atoms with Crippen molar-refractivity contribution in [3.8, 4) is 0 Å². The molecule has 0 spiro atoms. The third-order valence-corrected chi connectivity index (χ3v) is 4.91. The van der Waals surface area contributed by atoms with Crippen molar-refractivity contribution in [1.82, 2.24) is 19.8 Å². The first-order chi connectivity index (χ1) is 12.9. The lowest BCUT2D eigenvalue weighted by Crippen LogP contribution is -2.44. The van der Waals surface area contributed by atoms with Gasteiger partial charge in [-0.2, -0.15) is 0 Å². The Morgan fingerprint density at radius 3 is 2.85 bits per heavy atom. The van der Waals surface area contributed by atoms with Crippen LogP contribution in [0.15, 0.2) is 36.8 Å². The molecule has 2 N–H and O–H groups in total. The molecule has 2 heterocycles. The van der Waals surface area contributed by atoms with E-state index in [9.17, 15) is 19.1 Å². The van der Waals surface area contributed by atoms with Crippen LogP contribution in [0.1, 0.15) is 40.1 Å². The molecule has 0 bridgehead atoms. The standard InChI is InChI=1S/C19H23FN4O3/c1-23-13-21-11-16(23)18(26)24-8-3-6-19(27,7-9-24)12-22-17(25)14-4-2-5-15(20)10-14/h2,4-5,10-11,13,27H,3,6-9,12H2,1H3,(H,22,25). The van der Waals surface area contributed by atoms with E-state index in [1.165, 1.54) is 24.4 Å². The summed E-state index contributed by atoms with van der Waals surface area (Å²) in [5.41, 5.74) is -0.398. The van der Waals surface area contributed by atoms with Gasteiger partial charge in [-0.3, -0.25) is 9.59 Å². The van der Waals surface area contributed by atoms with Crippen molar-refractivity contribution in [2.75, 3.05) is 19.6 Å². The van der Waals surface area contributed by atoms with Gasteiger partial charge in [0, 0.05) is 32.2 Å². The number of aryl methyl sites for hydroxylation is 1. The monoisotopic (exact) mass is 374 g/mol. The third kappa shape index (κ3) is 4.51. The number of halogens is 1. The lowest BCUT2D eigenvalue weighted by molar-refractivity contribution is 0.0249. The van der Waals surface area contributed by atoms with Gasteiger partial charge in [-0.05, 0) is 37.5 Å². The summed E-state index contributed by atoms with van der Waals surface area (Å²) in [5.74, 6) is -1.04. The molecule has 1 aromatic heterocycles. The van der Waals surface area contributed by atoms with Crippen LogP contribution in [0.4, 0.5) is 4.39 Å². The molecule has 3 rings (SSSR count). The molecule has 2 aromatic rings. The maximum atomic E-state index is 13.2. The van der Waals surface area contributed by atoms with Crippen LogP contribution in [0.2, 0.25) is 0 Å². The fourth-order valence-corrected chi connectivity index (χ4v) is 3.26. The Morgan fingerprint density at radius 1 is 1.33 bits per heavy atom. The smallest absolute Gasteiger partial charge is 0.272 e. The average molecular weight is 374 g/mol. The van der Waals surface area contributed by atoms with E-state index >= 15 is 0 Å². The maximum Gasteiger partial charge on any atom is 0.272 e. The molecule has 0 saturated carbocycles. The number of hydrogen-bond acceptors (Lipinski definition) is 4. The van der Waals surface area contributed by atoms with Crippen LogP contribution in [-0.4, -0.2) is 56.6 Å². The van der Waals surface area contributed by atoms with Gasteiger partial charge in [-0.25, -0.2) is 9.37 Å². The number of benzene rings is 1. The minimum absolute atomic E-state index is 0.0517. The highest BCUT2D eigenvalue weighted by Gasteiger charge is 2.32. The van der Waals surface area contributed by atoms with Crippen LogP contribution in [0.3, 0.4) is 0 Å². The molecule has 8 heteroatoms. The van der Waals surface area contributed by atoms with Gasteiger partial charge in [0.15, 0.2) is 0 Å². The van der Waals surface area contributed by atoms with Crippen molar-refractivity contribution < 1.29 is 19.1 Å². The topological polar surface area (TPSA) is 87.5 Å². The first kappa shape index (κ1) is 19.0. The molecule has 1 aromatic carbocycles. The van der Waals surface area contributed by atoms with Crippen LogP contribution >= 0.6 is 0 Å². The molecule has 1 unspecified atom stereocenters. The number of carbonyl (C=O) groups is 2. The summed E-state index contributed by atoms with van der Waals surface area (Å²) in [6.07, 6.45) is 4.53. The van der Waals surface area contributed by atoms with Gasteiger partial charge in [-0.1, -0.05) is 6.07 Å². The number of nitrogens with one attached hydrogen (secondary N) is 1. The largest absolute Gasteiger partial charge is 0.388 e. The van der Waals surface area contributed by atoms with Gasteiger partial charge in [0.05, 0.1) is 18.1 Å². The number of imidazole rings is 1. The highest BCUT2D eigenvalue weighted by atomic mass is 19.1. The fraction of sp³-hybridized carbons (Fsp3) is 0.421. The molecule has 2 amide bonds. The molecular weight excluding hydrogens is 351 g/mol. The molecule has 0 radical (unpaired) electrons. The van der Waals surface area contributed by atoms with Gasteiger partial charge < -0.3 is 19.9 Å². The quantitative estimate of drug-likeness (QED) is 0.846. The van der Waals surface area contributed by atoms with E-state index in [4.69, 9.17) is 0 Å². The number of amides is 2. The second-order valence-electron chi connectivity index (χ2n) is 6.95. The molecule has 1 saturated heterocycles. The highest BCUT2D eigenvalue weighted by Crippen LogP contribution is 2.23. The maximum absolute atomic E-state index is 13.2. The summed E-state index contributed by atoms with van der Waals surface area (Å²) in [6.45, 7) is 0.969. The predicted octanol–water partition coefficient (Wildman–Crippen LogP) is 1.35. The Morgan fingerprint density at radius 2 is 2.15 bits per heavy atom. The molecule has 1 aliphatic heterocycles. The molecule has 1 atom stereocenters. The van der Waals surface area contributed by atoms with E-state index in [0.717, 1.165) is 6.07 Å². The first-order valence-electron chi connectivity index (χ1n) is 8.90. The molecule has 144 valence electrons. The van der Waals surface area contributed by atoms with Crippen molar-refractivity contribution in [2.24, 2.45) is 7.05 Å². The van der Waals surface area contributed by atoms with Crippen LogP contribution in [0.5, 0.6) is 0 Å². The average Bonchev–Trinajstić information content (AvgIpc) is 2.98. The Kier molecular flexibility index (Phi) is 5.55. The van der Waals surface area contributed by atoms with E-state index in [2.05, 4.69) is 10.3 Å². The summed E-state index contributed by atoms with van der Waals surface area (Å²) >= 11 is 0. The van der Waals surface area contributed by atoms with E-state index in [-0.39, 0.29) is 18.0 Å². The Bertz CT molecular complexity index is 838. The van der Waals surface area contributed by atoms with Crippen molar-refractivity contribution in [1.29, 1.82) is 0 Å². The van der Waals surface area contributed by atoms with Crippen LogP contribution in [-0.2, 0) is 7.05 Å². The van der Waals surface area contributed by atoms with Gasteiger partial charge >= 0.3 is 0 Å². The van der Waals surface area contributed by atoms with Gasteiger partial charge in [0.1, 0.15) is 11.5 Å². The van der Waals surface area contributed by atoms with Crippen LogP contribution in [0, 0.1) is 5.82 Å². The lowest BCUT2D eigenvalue weighted by atomic mass is 9.94. The normalized spacial score (nSPS) is 20.2. The minimum atomic E-state index is -1.11. The summed E-state index contributed by atoms with van der Waals surface area (Å²) in [7, 11) is 1.76. The second kappa shape index (κ2) is 7.87. The molecule has 7 nitrogen and oxygen atoms in total. The zero-order chi connectivity index (χ0) is 19.4. The van der Waals surface area contributed by atoms with Gasteiger partial charge in [0.2, 0.25) is 0 Å². The number of nitrogens with zero attached hydrogens (tertiary/aromatic N) is 3. The summed E-state index contributed by atoms with van der Waals surface area (Å²) < 4.78 is 14.9. The third-order valence-electron chi connectivity index (χ3n) is 4.91. The van der Waals surface area contributed by atoms with Gasteiger partial charge in [-0.15, -0.1) is 0 Å². The van der Waals surface area contributed by atoms with Crippen molar-refractivity contribution >= 4 is 11.8 Å². The SMILES string of the molecule is Cn1cncc1C(=O)N1CCCC(O)(CNC(=O)c2cccc(F)c2)CC1. The molecule has 1 fully saturated rings. The van der Waals surface area contributed by atoms with Crippen molar-refractivity contribution in [3.63, 3.8) is 0 Å². The number of aromatic nitrogens is 2. The predicted molar refractivity (Wildman–Crippen MR) is 96.6 cm³/mol. The highest BCUT2D eigenvalue weighted by molar-refractivity contribution is 5.94. The number of rotatable bonds is 4. The fourth-order valence-electron chi connectivity index (χ4n) is 3.26. The van der Waals surface area contributed by atoms with E-state index in [1.807, 2.05) is 0 Å². The summed E-state index contributed by atoms with van der Waals surface area (Å²) in [4.78, 5) is 30.4. The number of aliphatic hydroxyl groups is 1. The number of carbonyl (C=O) groups excluding carboxylic acids is 2. The number of likely N-dealkylation sites (tertiary alicyclic amines) is 1. The molecule has 0 aliphatic carbocycles. The summed E-state index contributed by atoms with van der Waals surface area (Å²) in [6, 6.07) is 5.40. The van der Waals surface area contributed by atoms with E-state index in [1.54, 1.807) is 22.8 Å². The minimum Gasteiger partial charge on any atom is -0.388 e. The molecular formula is C19H23FN4O3. The Hall–Kier alpha value is -2.74. The number of hydrogen-bond donors (Lipinski definition) is 2. The van der Waals surface area contributed by atoms with E-state index in [0.29, 0.717) is 38.0 Å². The van der Waals surface area contributed by atoms with E-state index < -0.39 is 17.3 Å². The molecule has 27 heavy (non-hydrogen) atoms. The summed E-state index contributed by atoms with van der Waals surface area (Å²) in [5, 5.41) is 13.5. The van der Waals surface area contributed by atoms with Crippen molar-refractivity contribution in [2.45, 2.75) is 24.9 Å². The van der Waals surface area contributed by atoms with Crippen molar-refractivity contribution in [3.05, 3.63) is 53.9 Å².